The number of aromatic nitrogens is 5. The summed E-state index contributed by atoms with van der Waals surface area (Å²) in [5.41, 5.74) is 3.91. The van der Waals surface area contributed by atoms with E-state index in [9.17, 15) is 14.7 Å². The average molecular weight is 598 g/mol. The third-order valence-electron chi connectivity index (χ3n) is 7.17. The lowest BCUT2D eigenvalue weighted by Gasteiger charge is -2.21. The van der Waals surface area contributed by atoms with Crippen molar-refractivity contribution in [3.63, 3.8) is 0 Å². The van der Waals surface area contributed by atoms with Crippen molar-refractivity contribution >= 4 is 29.1 Å². The van der Waals surface area contributed by atoms with Crippen LogP contribution in [0.25, 0.3) is 22.5 Å². The second-order valence-electron chi connectivity index (χ2n) is 10.8. The van der Waals surface area contributed by atoms with Crippen molar-refractivity contribution in [2.45, 2.75) is 31.9 Å². The van der Waals surface area contributed by atoms with Crippen molar-refractivity contribution in [1.29, 1.82) is 0 Å². The Morgan fingerprint density at radius 2 is 1.70 bits per heavy atom. The fourth-order valence-electron chi connectivity index (χ4n) is 4.72. The molecule has 0 radical (unpaired) electrons. The van der Waals surface area contributed by atoms with Crippen LogP contribution in [-0.2, 0) is 30.9 Å². The molecular weight excluding hydrogens is 566 g/mol. The first kappa shape index (κ1) is 29.7. The summed E-state index contributed by atoms with van der Waals surface area (Å²) in [6, 6.07) is 21.0. The Labute approximate surface area is 254 Å². The number of hydrogen-bond donors (Lipinski definition) is 3. The SMILES string of the molecule is Cn1cnnc1-c1ccc(NC(=O)C(Cc2cc(-c3cccc(C(C)(C)O)c3)ccc2Cl)NC(=O)c2ccnn2C)cc1. The lowest BCUT2D eigenvalue weighted by Crippen LogP contribution is -2.45. The Morgan fingerprint density at radius 1 is 0.977 bits per heavy atom. The maximum absolute atomic E-state index is 13.7. The molecular formula is C32H32ClN7O3. The number of halogens is 1. The fraction of sp³-hybridized carbons (Fsp3) is 0.219. The van der Waals surface area contributed by atoms with Gasteiger partial charge in [-0.05, 0) is 84.6 Å². The zero-order chi connectivity index (χ0) is 30.7. The van der Waals surface area contributed by atoms with Gasteiger partial charge in [0.05, 0.1) is 5.60 Å². The molecule has 0 saturated heterocycles. The van der Waals surface area contributed by atoms with Gasteiger partial charge in [0.1, 0.15) is 18.1 Å². The molecule has 0 bridgehead atoms. The second kappa shape index (κ2) is 12.2. The molecule has 0 aliphatic heterocycles. The first-order valence-corrected chi connectivity index (χ1v) is 14.0. The monoisotopic (exact) mass is 597 g/mol. The highest BCUT2D eigenvalue weighted by Gasteiger charge is 2.25. The predicted octanol–water partition coefficient (Wildman–Crippen LogP) is 4.74. The smallest absolute Gasteiger partial charge is 0.270 e. The number of carbonyl (C=O) groups is 2. The quantitative estimate of drug-likeness (QED) is 0.225. The van der Waals surface area contributed by atoms with E-state index in [0.717, 1.165) is 22.3 Å². The summed E-state index contributed by atoms with van der Waals surface area (Å²) < 4.78 is 3.25. The van der Waals surface area contributed by atoms with Crippen LogP contribution in [0.1, 0.15) is 35.5 Å². The number of aliphatic hydroxyl groups is 1. The van der Waals surface area contributed by atoms with Crippen molar-refractivity contribution in [3.05, 3.63) is 107 Å². The molecule has 10 nitrogen and oxygen atoms in total. The zero-order valence-corrected chi connectivity index (χ0v) is 25.0. The maximum Gasteiger partial charge on any atom is 0.270 e. The van der Waals surface area contributed by atoms with Crippen LogP contribution in [0.4, 0.5) is 5.69 Å². The molecule has 1 unspecified atom stereocenters. The Morgan fingerprint density at radius 3 is 2.35 bits per heavy atom. The Balaban J connectivity index is 1.42. The molecule has 2 amide bonds. The topological polar surface area (TPSA) is 127 Å². The maximum atomic E-state index is 13.7. The number of benzene rings is 3. The van der Waals surface area contributed by atoms with Crippen LogP contribution in [0.2, 0.25) is 5.02 Å². The van der Waals surface area contributed by atoms with Crippen LogP contribution >= 0.6 is 11.6 Å². The van der Waals surface area contributed by atoms with Crippen molar-refractivity contribution in [1.82, 2.24) is 29.9 Å². The minimum absolute atomic E-state index is 0.129. The number of rotatable bonds is 9. The molecule has 5 aromatic rings. The highest BCUT2D eigenvalue weighted by atomic mass is 35.5. The van der Waals surface area contributed by atoms with E-state index in [1.54, 1.807) is 56.1 Å². The number of hydrogen-bond acceptors (Lipinski definition) is 6. The van der Waals surface area contributed by atoms with Crippen molar-refractivity contribution in [3.8, 4) is 22.5 Å². The molecule has 11 heteroatoms. The molecule has 0 aliphatic carbocycles. The van der Waals surface area contributed by atoms with E-state index < -0.39 is 23.5 Å². The van der Waals surface area contributed by atoms with Crippen molar-refractivity contribution in [2.75, 3.05) is 5.32 Å². The van der Waals surface area contributed by atoms with E-state index in [-0.39, 0.29) is 6.42 Å². The van der Waals surface area contributed by atoms with Gasteiger partial charge in [-0.25, -0.2) is 0 Å². The van der Waals surface area contributed by atoms with Crippen LogP contribution < -0.4 is 10.6 Å². The van der Waals surface area contributed by atoms with Crippen LogP contribution in [0.15, 0.2) is 85.3 Å². The van der Waals surface area contributed by atoms with Gasteiger partial charge in [0, 0.05) is 43.0 Å². The molecule has 2 heterocycles. The molecule has 0 aliphatic rings. The number of carbonyl (C=O) groups excluding carboxylic acids is 2. The molecule has 220 valence electrons. The molecule has 1 atom stereocenters. The Bertz CT molecular complexity index is 1770. The Kier molecular flexibility index (Phi) is 8.43. The summed E-state index contributed by atoms with van der Waals surface area (Å²) in [6.07, 6.45) is 3.26. The van der Waals surface area contributed by atoms with Gasteiger partial charge >= 0.3 is 0 Å². The molecule has 43 heavy (non-hydrogen) atoms. The van der Waals surface area contributed by atoms with Gasteiger partial charge in [-0.3, -0.25) is 14.3 Å². The number of anilines is 1. The van der Waals surface area contributed by atoms with E-state index in [4.69, 9.17) is 11.6 Å². The highest BCUT2D eigenvalue weighted by Crippen LogP contribution is 2.30. The highest BCUT2D eigenvalue weighted by molar-refractivity contribution is 6.31. The van der Waals surface area contributed by atoms with Gasteiger partial charge in [-0.15, -0.1) is 10.2 Å². The second-order valence-corrected chi connectivity index (χ2v) is 11.3. The van der Waals surface area contributed by atoms with E-state index in [0.29, 0.717) is 27.8 Å². The zero-order valence-electron chi connectivity index (χ0n) is 24.2. The van der Waals surface area contributed by atoms with Crippen LogP contribution in [-0.4, -0.2) is 47.5 Å². The molecule has 3 aromatic carbocycles. The lowest BCUT2D eigenvalue weighted by molar-refractivity contribution is -0.118. The minimum atomic E-state index is -1.00. The molecule has 0 saturated carbocycles. The minimum Gasteiger partial charge on any atom is -0.386 e. The first-order chi connectivity index (χ1) is 20.5. The van der Waals surface area contributed by atoms with Crippen LogP contribution in [0.3, 0.4) is 0 Å². The first-order valence-electron chi connectivity index (χ1n) is 13.7. The number of nitrogens with zero attached hydrogens (tertiary/aromatic N) is 5. The fourth-order valence-corrected chi connectivity index (χ4v) is 4.92. The van der Waals surface area contributed by atoms with Gasteiger partial charge < -0.3 is 20.3 Å². The summed E-state index contributed by atoms with van der Waals surface area (Å²) in [5, 5.41) is 28.8. The molecule has 2 aromatic heterocycles. The third kappa shape index (κ3) is 6.82. The molecule has 0 spiro atoms. The van der Waals surface area contributed by atoms with Gasteiger partial charge in [0.15, 0.2) is 5.82 Å². The average Bonchev–Trinajstić information content (AvgIpc) is 3.61. The summed E-state index contributed by atoms with van der Waals surface area (Å²) >= 11 is 6.63. The van der Waals surface area contributed by atoms with Crippen molar-refractivity contribution in [2.24, 2.45) is 14.1 Å². The van der Waals surface area contributed by atoms with E-state index in [1.807, 2.05) is 55.6 Å². The van der Waals surface area contributed by atoms with Gasteiger partial charge in [0.2, 0.25) is 5.91 Å². The summed E-state index contributed by atoms with van der Waals surface area (Å²) in [6.45, 7) is 3.47. The standard InChI is InChI=1S/C32H32ClN7O3/c1-32(2,43)24-7-5-6-21(17-24)22-10-13-26(33)23(16-22)18-27(37-31(42)28-14-15-35-40(28)4)30(41)36-25-11-8-20(9-12-25)29-38-34-19-39(29)3/h5-17,19,27,43H,18H2,1-4H3,(H,36,41)(H,37,42). The van der Waals surface area contributed by atoms with E-state index in [1.165, 1.54) is 10.9 Å². The number of nitrogens with one attached hydrogen (secondary N) is 2. The lowest BCUT2D eigenvalue weighted by atomic mass is 9.93. The summed E-state index contributed by atoms with van der Waals surface area (Å²) in [7, 11) is 3.51. The summed E-state index contributed by atoms with van der Waals surface area (Å²) in [4.78, 5) is 26.8. The van der Waals surface area contributed by atoms with Gasteiger partial charge in [-0.1, -0.05) is 35.9 Å². The number of amides is 2. The largest absolute Gasteiger partial charge is 0.386 e. The van der Waals surface area contributed by atoms with Crippen molar-refractivity contribution < 1.29 is 14.7 Å². The van der Waals surface area contributed by atoms with Gasteiger partial charge in [0.25, 0.3) is 5.91 Å². The Hall–Kier alpha value is -4.80. The number of aryl methyl sites for hydroxylation is 2. The van der Waals surface area contributed by atoms with Gasteiger partial charge in [-0.2, -0.15) is 5.10 Å². The molecule has 0 fully saturated rings. The van der Waals surface area contributed by atoms with Crippen LogP contribution in [0.5, 0.6) is 0 Å². The van der Waals surface area contributed by atoms with Crippen LogP contribution in [0, 0.1) is 0 Å². The van der Waals surface area contributed by atoms with E-state index >= 15 is 0 Å². The predicted molar refractivity (Wildman–Crippen MR) is 165 cm³/mol. The normalized spacial score (nSPS) is 12.1. The molecule has 5 rings (SSSR count). The third-order valence-corrected chi connectivity index (χ3v) is 7.54. The van der Waals surface area contributed by atoms with E-state index in [2.05, 4.69) is 25.9 Å². The molecule has 3 N–H and O–H groups in total. The summed E-state index contributed by atoms with van der Waals surface area (Å²) in [5.74, 6) is -0.155.